The lowest BCUT2D eigenvalue weighted by atomic mass is 9.86. The molecule has 7 nitrogen and oxygen atoms in total. The van der Waals surface area contributed by atoms with Gasteiger partial charge in [0.25, 0.3) is 0 Å². The first-order chi connectivity index (χ1) is 17.1. The number of ether oxygens (including phenoxy) is 3. The highest BCUT2D eigenvalue weighted by Gasteiger charge is 2.37. The zero-order valence-corrected chi connectivity index (χ0v) is 19.9. The maximum atomic E-state index is 14.9. The Bertz CT molecular complexity index is 1080. The number of fused-ring (bicyclic) bond motifs is 4. The van der Waals surface area contributed by atoms with Crippen molar-refractivity contribution >= 4 is 11.8 Å². The van der Waals surface area contributed by atoms with Crippen LogP contribution in [0.3, 0.4) is 0 Å². The van der Waals surface area contributed by atoms with Gasteiger partial charge in [-0.05, 0) is 61.2 Å². The maximum absolute atomic E-state index is 14.9. The summed E-state index contributed by atoms with van der Waals surface area (Å²) in [4.78, 5) is 17.1. The Labute approximate surface area is 205 Å². The molecule has 5 aliphatic rings. The largest absolute Gasteiger partial charge is 0.493 e. The smallest absolute Gasteiger partial charge is 0.407 e. The number of nitrogens with zero attached hydrogens (tertiary/aromatic N) is 2. The molecule has 8 heteroatoms. The number of halogens is 1. The van der Waals surface area contributed by atoms with Crippen molar-refractivity contribution in [1.82, 2.24) is 10.2 Å². The molecule has 35 heavy (non-hydrogen) atoms. The van der Waals surface area contributed by atoms with E-state index in [-0.39, 0.29) is 24.1 Å². The van der Waals surface area contributed by atoms with E-state index in [2.05, 4.69) is 10.2 Å². The number of benzene rings is 2. The molecule has 0 saturated carbocycles. The van der Waals surface area contributed by atoms with Crippen LogP contribution >= 0.6 is 0 Å². The summed E-state index contributed by atoms with van der Waals surface area (Å²) in [6.07, 6.45) is 2.52. The monoisotopic (exact) mass is 481 g/mol. The van der Waals surface area contributed by atoms with Crippen LogP contribution in [0.25, 0.3) is 11.1 Å². The van der Waals surface area contributed by atoms with Gasteiger partial charge in [0.1, 0.15) is 17.7 Å². The molecule has 0 radical (unpaired) electrons. The van der Waals surface area contributed by atoms with Crippen molar-refractivity contribution in [2.75, 3.05) is 57.4 Å². The number of amides is 1. The molecule has 5 heterocycles. The third kappa shape index (κ3) is 4.69. The van der Waals surface area contributed by atoms with Crippen LogP contribution in [0.2, 0.25) is 0 Å². The van der Waals surface area contributed by atoms with Gasteiger partial charge >= 0.3 is 6.09 Å². The number of morpholine rings is 1. The van der Waals surface area contributed by atoms with Crippen LogP contribution in [0.15, 0.2) is 36.4 Å². The Morgan fingerprint density at radius 1 is 0.971 bits per heavy atom. The molecule has 4 saturated heterocycles. The summed E-state index contributed by atoms with van der Waals surface area (Å²) in [5.41, 5.74) is 3.21. The average Bonchev–Trinajstić information content (AvgIpc) is 2.89. The number of anilines is 1. The van der Waals surface area contributed by atoms with E-state index in [4.69, 9.17) is 14.2 Å². The average molecular weight is 482 g/mol. The summed E-state index contributed by atoms with van der Waals surface area (Å²) in [5.74, 6) is 0.961. The van der Waals surface area contributed by atoms with Gasteiger partial charge in [-0.1, -0.05) is 18.2 Å². The Hall–Kier alpha value is -2.84. The second-order valence-corrected chi connectivity index (χ2v) is 9.93. The highest BCUT2D eigenvalue weighted by Crippen LogP contribution is 2.37. The number of piperidine rings is 3. The Morgan fingerprint density at radius 2 is 1.74 bits per heavy atom. The maximum Gasteiger partial charge on any atom is 0.407 e. The molecule has 2 aromatic rings. The fourth-order valence-corrected chi connectivity index (χ4v) is 5.82. The highest BCUT2D eigenvalue weighted by atomic mass is 19.1. The Balaban J connectivity index is 1.14. The van der Waals surface area contributed by atoms with Crippen molar-refractivity contribution in [1.29, 1.82) is 0 Å². The van der Waals surface area contributed by atoms with Gasteiger partial charge in [-0.25, -0.2) is 9.18 Å². The van der Waals surface area contributed by atoms with E-state index in [0.29, 0.717) is 50.9 Å². The summed E-state index contributed by atoms with van der Waals surface area (Å²) >= 11 is 0. The van der Waals surface area contributed by atoms with Crippen LogP contribution in [0, 0.1) is 11.7 Å². The third-order valence-electron chi connectivity index (χ3n) is 7.83. The molecule has 2 aromatic carbocycles. The van der Waals surface area contributed by atoms with E-state index >= 15 is 0 Å². The van der Waals surface area contributed by atoms with Crippen LogP contribution < -0.4 is 15.0 Å². The molecular formula is C27H32FN3O4. The molecule has 2 atom stereocenters. The number of hydrogen-bond donors (Lipinski definition) is 1. The van der Waals surface area contributed by atoms with E-state index in [1.54, 1.807) is 6.07 Å². The first-order valence-electron chi connectivity index (χ1n) is 12.7. The van der Waals surface area contributed by atoms with Crippen molar-refractivity contribution < 1.29 is 23.4 Å². The topological polar surface area (TPSA) is 63.3 Å². The number of alkyl carbamates (subject to hydrolysis) is 1. The molecule has 0 aliphatic carbocycles. The highest BCUT2D eigenvalue weighted by molar-refractivity contribution is 5.71. The van der Waals surface area contributed by atoms with Crippen LogP contribution in [0.5, 0.6) is 5.75 Å². The van der Waals surface area contributed by atoms with Crippen LogP contribution in [-0.4, -0.2) is 69.6 Å². The van der Waals surface area contributed by atoms with Crippen LogP contribution in [0.1, 0.15) is 30.9 Å². The van der Waals surface area contributed by atoms with Gasteiger partial charge in [0, 0.05) is 31.6 Å². The van der Waals surface area contributed by atoms with E-state index in [0.717, 1.165) is 54.9 Å². The van der Waals surface area contributed by atoms with E-state index in [9.17, 15) is 9.18 Å². The molecule has 7 rings (SSSR count). The number of carbonyl (C=O) groups excluding carboxylic acids is 1. The number of hydrogen-bond acceptors (Lipinski definition) is 6. The molecule has 2 bridgehead atoms. The minimum Gasteiger partial charge on any atom is -0.493 e. The number of carbonyl (C=O) groups is 1. The fraction of sp³-hybridized carbons (Fsp3) is 0.519. The summed E-state index contributed by atoms with van der Waals surface area (Å²) in [7, 11) is 0. The summed E-state index contributed by atoms with van der Waals surface area (Å²) in [6, 6.07) is 11.1. The van der Waals surface area contributed by atoms with Crippen molar-refractivity contribution in [3.8, 4) is 16.9 Å². The summed E-state index contributed by atoms with van der Waals surface area (Å²) in [5, 5.41) is 3.06. The predicted octanol–water partition coefficient (Wildman–Crippen LogP) is 3.97. The third-order valence-corrected chi connectivity index (χ3v) is 7.83. The molecule has 1 amide bonds. The van der Waals surface area contributed by atoms with Gasteiger partial charge < -0.3 is 24.4 Å². The zero-order chi connectivity index (χ0) is 23.8. The quantitative estimate of drug-likeness (QED) is 0.713. The van der Waals surface area contributed by atoms with E-state index in [1.165, 1.54) is 0 Å². The van der Waals surface area contributed by atoms with Crippen LogP contribution in [0.4, 0.5) is 14.9 Å². The Morgan fingerprint density at radius 3 is 2.49 bits per heavy atom. The number of rotatable bonds is 4. The van der Waals surface area contributed by atoms with Crippen molar-refractivity contribution in [2.24, 2.45) is 5.92 Å². The Kier molecular flexibility index (Phi) is 6.24. The first kappa shape index (κ1) is 22.6. The fourth-order valence-electron chi connectivity index (χ4n) is 5.82. The van der Waals surface area contributed by atoms with Gasteiger partial charge in [-0.3, -0.25) is 4.90 Å². The molecule has 1 unspecified atom stereocenters. The number of nitrogens with one attached hydrogen (secondary N) is 1. The van der Waals surface area contributed by atoms with Gasteiger partial charge in [-0.2, -0.15) is 0 Å². The van der Waals surface area contributed by atoms with Crippen molar-refractivity contribution in [3.63, 3.8) is 0 Å². The van der Waals surface area contributed by atoms with Gasteiger partial charge in [0.15, 0.2) is 0 Å². The molecule has 1 N–H and O–H groups in total. The van der Waals surface area contributed by atoms with Crippen molar-refractivity contribution in [3.05, 3.63) is 47.8 Å². The molecule has 186 valence electrons. The van der Waals surface area contributed by atoms with Gasteiger partial charge in [0.05, 0.1) is 31.5 Å². The standard InChI is InChI=1S/C27H32FN3O4/c28-22-15-19(2-4-24(22)31-10-13-33-14-11-31)20-1-3-21-23(7-12-34-25(21)16-20)29-27(32)35-26-17-30-8-5-18(26)6-9-30/h1-4,15-16,18,23,26H,5-14,17H2,(H,29,32)/t23?,26-/m1/s1. The van der Waals surface area contributed by atoms with Crippen LogP contribution in [-0.2, 0) is 9.47 Å². The van der Waals surface area contributed by atoms with E-state index < -0.39 is 0 Å². The minimum atomic E-state index is -0.355. The first-order valence-corrected chi connectivity index (χ1v) is 12.7. The SMILES string of the molecule is O=C(NC1CCOc2cc(-c3ccc(N4CCOCC4)c(F)c3)ccc21)O[C@@H]1CN2CCC1CC2. The van der Waals surface area contributed by atoms with E-state index in [1.807, 2.05) is 35.2 Å². The molecule has 4 fully saturated rings. The second kappa shape index (κ2) is 9.66. The van der Waals surface area contributed by atoms with Gasteiger partial charge in [-0.15, -0.1) is 0 Å². The lowest BCUT2D eigenvalue weighted by Crippen LogP contribution is -2.52. The summed E-state index contributed by atoms with van der Waals surface area (Å²) < 4.78 is 32.1. The predicted molar refractivity (Wildman–Crippen MR) is 130 cm³/mol. The lowest BCUT2D eigenvalue weighted by Gasteiger charge is -2.44. The molecule has 0 spiro atoms. The molecule has 0 aromatic heterocycles. The van der Waals surface area contributed by atoms with Crippen molar-refractivity contribution in [2.45, 2.75) is 31.4 Å². The zero-order valence-electron chi connectivity index (χ0n) is 19.9. The molecular weight excluding hydrogens is 449 g/mol. The summed E-state index contributed by atoms with van der Waals surface area (Å²) in [6.45, 7) is 6.19. The second-order valence-electron chi connectivity index (χ2n) is 9.93. The minimum absolute atomic E-state index is 0.0190. The molecule has 5 aliphatic heterocycles. The lowest BCUT2D eigenvalue weighted by molar-refractivity contribution is -0.0342. The van der Waals surface area contributed by atoms with Gasteiger partial charge in [0.2, 0.25) is 0 Å². The normalized spacial score (nSPS) is 27.6.